The molecule has 0 aliphatic carbocycles. The highest BCUT2D eigenvalue weighted by Crippen LogP contribution is 2.35. The fraction of sp³-hybridized carbons (Fsp3) is 0.316. The van der Waals surface area contributed by atoms with Crippen molar-refractivity contribution in [3.63, 3.8) is 0 Å². The lowest BCUT2D eigenvalue weighted by Crippen LogP contribution is -2.31. The largest absolute Gasteiger partial charge is 0.492 e. The molecule has 0 bridgehead atoms. The molecule has 0 saturated carbocycles. The Morgan fingerprint density at radius 3 is 2.81 bits per heavy atom. The van der Waals surface area contributed by atoms with Gasteiger partial charge in [0.15, 0.2) is 23.1 Å². The number of urea groups is 1. The SMILES string of the molecule is [2H]C([2H])([2H])NC(=O)c1nnc(NC(=O)N(C)CC)cc1Nc1nccc(-c2cnn(C)n2)c1OC. The normalized spacial score (nSPS) is 12.2. The van der Waals surface area contributed by atoms with E-state index in [0.717, 1.165) is 0 Å². The van der Waals surface area contributed by atoms with Crippen molar-refractivity contribution < 1.29 is 18.4 Å². The van der Waals surface area contributed by atoms with Gasteiger partial charge in [-0.05, 0) is 13.0 Å². The third kappa shape index (κ3) is 4.71. The standard InChI is InChI=1S/C19H24N10O3/c1-6-28(3)19(31)24-14-9-12(15(26-25-14)18(30)20-2)23-17-16(32-5)11(7-8-21-17)13-10-22-29(4)27-13/h7-10H,6H2,1-5H3,(H,20,30)(H2,21,23,24,25,31)/i2D3. The molecule has 3 rings (SSSR count). The highest BCUT2D eigenvalue weighted by atomic mass is 16.5. The zero-order chi connectivity index (χ0) is 25.8. The van der Waals surface area contributed by atoms with Crippen LogP contribution in [0.2, 0.25) is 0 Å². The maximum Gasteiger partial charge on any atom is 0.322 e. The van der Waals surface area contributed by atoms with Crippen LogP contribution in [0.3, 0.4) is 0 Å². The van der Waals surface area contributed by atoms with Gasteiger partial charge in [-0.25, -0.2) is 9.78 Å². The summed E-state index contributed by atoms with van der Waals surface area (Å²) in [5.74, 6) is -0.530. The van der Waals surface area contributed by atoms with Gasteiger partial charge in [-0.1, -0.05) is 0 Å². The van der Waals surface area contributed by atoms with Gasteiger partial charge in [-0.3, -0.25) is 10.1 Å². The first kappa shape index (κ1) is 18.5. The molecule has 0 atom stereocenters. The van der Waals surface area contributed by atoms with E-state index in [4.69, 9.17) is 8.85 Å². The van der Waals surface area contributed by atoms with E-state index >= 15 is 0 Å². The van der Waals surface area contributed by atoms with Crippen LogP contribution in [0.15, 0.2) is 24.5 Å². The molecule has 0 aromatic carbocycles. The van der Waals surface area contributed by atoms with Crippen LogP contribution >= 0.6 is 0 Å². The molecule has 0 aliphatic heterocycles. The Morgan fingerprint density at radius 1 is 1.34 bits per heavy atom. The Bertz CT molecular complexity index is 1230. The molecule has 0 fully saturated rings. The number of nitrogens with zero attached hydrogens (tertiary/aromatic N) is 7. The lowest BCUT2D eigenvalue weighted by molar-refractivity contribution is 0.0958. The predicted molar refractivity (Wildman–Crippen MR) is 117 cm³/mol. The fourth-order valence-electron chi connectivity index (χ4n) is 2.67. The Morgan fingerprint density at radius 2 is 2.16 bits per heavy atom. The zero-order valence-corrected chi connectivity index (χ0v) is 17.9. The third-order valence-electron chi connectivity index (χ3n) is 4.42. The quantitative estimate of drug-likeness (QED) is 0.490. The first-order chi connectivity index (χ1) is 16.5. The second-order valence-corrected chi connectivity index (χ2v) is 6.47. The van der Waals surface area contributed by atoms with E-state index in [9.17, 15) is 9.59 Å². The monoisotopic (exact) mass is 443 g/mol. The summed E-state index contributed by atoms with van der Waals surface area (Å²) in [4.78, 5) is 31.9. The molecule has 3 amide bonds. The smallest absolute Gasteiger partial charge is 0.322 e. The van der Waals surface area contributed by atoms with Crippen LogP contribution in [0.25, 0.3) is 11.3 Å². The number of carbonyl (C=O) groups is 2. The topological polar surface area (TPSA) is 152 Å². The van der Waals surface area contributed by atoms with E-state index in [1.807, 2.05) is 5.32 Å². The molecule has 0 aliphatic rings. The fourth-order valence-corrected chi connectivity index (χ4v) is 2.67. The van der Waals surface area contributed by atoms with Crippen molar-refractivity contribution in [1.82, 2.24) is 40.4 Å². The van der Waals surface area contributed by atoms with Crippen molar-refractivity contribution in [2.45, 2.75) is 6.92 Å². The summed E-state index contributed by atoms with van der Waals surface area (Å²) in [5, 5.41) is 23.3. The molecule has 32 heavy (non-hydrogen) atoms. The average molecular weight is 443 g/mol. The summed E-state index contributed by atoms with van der Waals surface area (Å²) in [5.41, 5.74) is 0.764. The maximum absolute atomic E-state index is 12.6. The van der Waals surface area contributed by atoms with Gasteiger partial charge in [0.05, 0.1) is 24.6 Å². The van der Waals surface area contributed by atoms with E-state index in [2.05, 4.69) is 36.0 Å². The van der Waals surface area contributed by atoms with Crippen molar-refractivity contribution >= 4 is 29.3 Å². The first-order valence-corrected chi connectivity index (χ1v) is 9.41. The van der Waals surface area contributed by atoms with Gasteiger partial charge in [0.25, 0.3) is 5.91 Å². The summed E-state index contributed by atoms with van der Waals surface area (Å²) in [6.45, 7) is -0.517. The lowest BCUT2D eigenvalue weighted by Gasteiger charge is -2.17. The highest BCUT2D eigenvalue weighted by Gasteiger charge is 2.20. The van der Waals surface area contributed by atoms with Crippen LogP contribution in [0.1, 0.15) is 21.5 Å². The van der Waals surface area contributed by atoms with Gasteiger partial charge in [0.2, 0.25) is 0 Å². The molecule has 3 N–H and O–H groups in total. The molecule has 3 heterocycles. The van der Waals surface area contributed by atoms with Crippen molar-refractivity contribution in [3.8, 4) is 17.0 Å². The van der Waals surface area contributed by atoms with Crippen LogP contribution in [0.4, 0.5) is 22.1 Å². The van der Waals surface area contributed by atoms with Gasteiger partial charge >= 0.3 is 6.03 Å². The zero-order valence-electron chi connectivity index (χ0n) is 20.9. The van der Waals surface area contributed by atoms with Crippen LogP contribution < -0.4 is 20.7 Å². The minimum atomic E-state index is -2.76. The van der Waals surface area contributed by atoms with Crippen LogP contribution in [0.5, 0.6) is 5.75 Å². The molecule has 0 unspecified atom stereocenters. The molecule has 3 aromatic rings. The van der Waals surface area contributed by atoms with E-state index in [1.165, 1.54) is 29.1 Å². The number of aromatic nitrogens is 6. The molecule has 0 spiro atoms. The molecule has 13 nitrogen and oxygen atoms in total. The maximum atomic E-state index is 12.6. The molecule has 0 radical (unpaired) electrons. The Kier molecular flexibility index (Phi) is 5.59. The predicted octanol–water partition coefficient (Wildman–Crippen LogP) is 1.26. The Labute approximate surface area is 188 Å². The highest BCUT2D eigenvalue weighted by molar-refractivity contribution is 5.99. The van der Waals surface area contributed by atoms with Gasteiger partial charge in [0.1, 0.15) is 5.69 Å². The van der Waals surface area contributed by atoms with E-state index < -0.39 is 18.9 Å². The van der Waals surface area contributed by atoms with E-state index in [-0.39, 0.29) is 28.8 Å². The number of rotatable bonds is 7. The van der Waals surface area contributed by atoms with Crippen LogP contribution in [0, 0.1) is 0 Å². The van der Waals surface area contributed by atoms with Crippen molar-refractivity contribution in [2.24, 2.45) is 7.05 Å². The molecule has 168 valence electrons. The number of nitrogens with one attached hydrogen (secondary N) is 3. The Hall–Kier alpha value is -4.29. The number of anilines is 3. The van der Waals surface area contributed by atoms with Gasteiger partial charge in [0, 0.05) is 44.0 Å². The average Bonchev–Trinajstić information content (AvgIpc) is 3.23. The number of methoxy groups -OCH3 is 1. The number of pyridine rings is 1. The number of ether oxygens (including phenoxy) is 1. The second kappa shape index (κ2) is 9.68. The summed E-state index contributed by atoms with van der Waals surface area (Å²) >= 11 is 0. The summed E-state index contributed by atoms with van der Waals surface area (Å²) in [6.07, 6.45) is 3.03. The van der Waals surface area contributed by atoms with Crippen LogP contribution in [-0.4, -0.2) is 74.7 Å². The van der Waals surface area contributed by atoms with Gasteiger partial charge in [-0.2, -0.15) is 15.0 Å². The summed E-state index contributed by atoms with van der Waals surface area (Å²) in [7, 11) is 4.69. The molecule has 13 heteroatoms. The van der Waals surface area contributed by atoms with E-state index in [1.54, 1.807) is 33.3 Å². The Balaban J connectivity index is 2.05. The molecule has 3 aromatic heterocycles. The lowest BCUT2D eigenvalue weighted by atomic mass is 10.2. The number of hydrogen-bond donors (Lipinski definition) is 3. The van der Waals surface area contributed by atoms with Gasteiger partial charge in [-0.15, -0.1) is 10.2 Å². The van der Waals surface area contributed by atoms with Crippen LogP contribution in [-0.2, 0) is 7.05 Å². The van der Waals surface area contributed by atoms with Gasteiger partial charge < -0.3 is 20.3 Å². The number of aryl methyl sites for hydroxylation is 1. The third-order valence-corrected chi connectivity index (χ3v) is 4.42. The molecular formula is C19H24N10O3. The molecule has 0 saturated heterocycles. The summed E-state index contributed by atoms with van der Waals surface area (Å²) in [6, 6.07) is 2.56. The second-order valence-electron chi connectivity index (χ2n) is 6.47. The minimum Gasteiger partial charge on any atom is -0.492 e. The molecular weight excluding hydrogens is 416 g/mol. The van der Waals surface area contributed by atoms with Crippen molar-refractivity contribution in [1.29, 1.82) is 0 Å². The number of hydrogen-bond acceptors (Lipinski definition) is 9. The van der Waals surface area contributed by atoms with Crippen molar-refractivity contribution in [3.05, 3.63) is 30.2 Å². The number of carbonyl (C=O) groups excluding carboxylic acids is 2. The summed E-state index contributed by atoms with van der Waals surface area (Å²) < 4.78 is 27.5. The number of amides is 3. The minimum absolute atomic E-state index is 0.0206. The van der Waals surface area contributed by atoms with E-state index in [0.29, 0.717) is 17.8 Å². The van der Waals surface area contributed by atoms with Crippen molar-refractivity contribution in [2.75, 3.05) is 38.3 Å². The first-order valence-electron chi connectivity index (χ1n) is 10.9.